The first-order valence-corrected chi connectivity index (χ1v) is 7.13. The average molecular weight is 268 g/mol. The summed E-state index contributed by atoms with van der Waals surface area (Å²) in [7, 11) is 2.01. The van der Waals surface area contributed by atoms with Crippen molar-refractivity contribution in [2.45, 2.75) is 46.6 Å². The fourth-order valence-electron chi connectivity index (χ4n) is 2.69. The summed E-state index contributed by atoms with van der Waals surface area (Å²) in [5, 5.41) is 4.25. The van der Waals surface area contributed by atoms with Gasteiger partial charge in [0, 0.05) is 11.1 Å². The third-order valence-corrected chi connectivity index (χ3v) is 3.57. The Bertz CT molecular complexity index is 368. The van der Waals surface area contributed by atoms with Gasteiger partial charge in [-0.2, -0.15) is 0 Å². The first kappa shape index (κ1) is 15.5. The second kappa shape index (κ2) is 6.58. The van der Waals surface area contributed by atoms with Crippen molar-refractivity contribution in [3.63, 3.8) is 0 Å². The van der Waals surface area contributed by atoms with Gasteiger partial charge in [0.05, 0.1) is 0 Å². The third kappa shape index (κ3) is 4.99. The fourth-order valence-corrected chi connectivity index (χ4v) is 2.96. The summed E-state index contributed by atoms with van der Waals surface area (Å²) in [6, 6.07) is 8.47. The number of rotatable bonds is 5. The van der Waals surface area contributed by atoms with Crippen molar-refractivity contribution in [1.82, 2.24) is 5.32 Å². The van der Waals surface area contributed by atoms with Crippen molar-refractivity contribution in [2.75, 3.05) is 7.05 Å². The van der Waals surface area contributed by atoms with Gasteiger partial charge >= 0.3 is 0 Å². The molecule has 1 rings (SSSR count). The topological polar surface area (TPSA) is 12.0 Å². The molecule has 0 radical (unpaired) electrons. The normalized spacial score (nSPS) is 15.4. The van der Waals surface area contributed by atoms with Crippen LogP contribution >= 0.6 is 11.6 Å². The van der Waals surface area contributed by atoms with E-state index >= 15 is 0 Å². The Morgan fingerprint density at radius 1 is 1.22 bits per heavy atom. The van der Waals surface area contributed by atoms with E-state index in [2.05, 4.69) is 45.1 Å². The first-order chi connectivity index (χ1) is 8.33. The Kier molecular flexibility index (Phi) is 5.68. The molecule has 0 bridgehead atoms. The van der Waals surface area contributed by atoms with E-state index in [-0.39, 0.29) is 0 Å². The molecule has 0 heterocycles. The Balaban J connectivity index is 2.71. The number of nitrogens with one attached hydrogen (secondary N) is 1. The van der Waals surface area contributed by atoms with Gasteiger partial charge < -0.3 is 5.32 Å². The van der Waals surface area contributed by atoms with Crippen LogP contribution in [0.15, 0.2) is 24.3 Å². The predicted octanol–water partition coefficient (Wildman–Crippen LogP) is 5.06. The van der Waals surface area contributed by atoms with Gasteiger partial charge in [-0.15, -0.1) is 0 Å². The van der Waals surface area contributed by atoms with E-state index in [0.717, 1.165) is 11.4 Å². The van der Waals surface area contributed by atoms with Crippen molar-refractivity contribution in [3.8, 4) is 0 Å². The maximum Gasteiger partial charge on any atom is 0.0453 e. The predicted molar refractivity (Wildman–Crippen MR) is 81.1 cm³/mol. The van der Waals surface area contributed by atoms with Crippen LogP contribution in [0.2, 0.25) is 5.02 Å². The van der Waals surface area contributed by atoms with E-state index in [4.69, 9.17) is 11.6 Å². The van der Waals surface area contributed by atoms with E-state index in [0.29, 0.717) is 17.4 Å². The molecule has 0 aliphatic heterocycles. The van der Waals surface area contributed by atoms with Crippen LogP contribution in [-0.2, 0) is 0 Å². The van der Waals surface area contributed by atoms with Crippen LogP contribution in [0.4, 0.5) is 0 Å². The first-order valence-electron chi connectivity index (χ1n) is 6.75. The van der Waals surface area contributed by atoms with Gasteiger partial charge in [0.25, 0.3) is 0 Å². The summed E-state index contributed by atoms with van der Waals surface area (Å²) in [6.07, 6.45) is 2.35. The highest BCUT2D eigenvalue weighted by molar-refractivity contribution is 6.31. The fraction of sp³-hybridized carbons (Fsp3) is 0.625. The molecule has 0 aliphatic rings. The van der Waals surface area contributed by atoms with Crippen LogP contribution < -0.4 is 5.32 Å². The molecule has 0 spiro atoms. The molecule has 0 saturated carbocycles. The molecule has 2 atom stereocenters. The monoisotopic (exact) mass is 267 g/mol. The van der Waals surface area contributed by atoms with Gasteiger partial charge in [-0.05, 0) is 42.9 Å². The van der Waals surface area contributed by atoms with Crippen LogP contribution in [0, 0.1) is 11.3 Å². The van der Waals surface area contributed by atoms with Crippen molar-refractivity contribution < 1.29 is 0 Å². The van der Waals surface area contributed by atoms with Gasteiger partial charge in [0.2, 0.25) is 0 Å². The highest BCUT2D eigenvalue weighted by Crippen LogP contribution is 2.32. The zero-order valence-corrected chi connectivity index (χ0v) is 13.0. The molecule has 0 aliphatic carbocycles. The zero-order chi connectivity index (χ0) is 13.8. The Morgan fingerprint density at radius 2 is 1.83 bits per heavy atom. The largest absolute Gasteiger partial charge is 0.313 e. The van der Waals surface area contributed by atoms with E-state index in [1.54, 1.807) is 0 Å². The Labute approximate surface area is 117 Å². The molecule has 2 heteroatoms. The van der Waals surface area contributed by atoms with Gasteiger partial charge in [0.1, 0.15) is 0 Å². The van der Waals surface area contributed by atoms with Gasteiger partial charge in [-0.1, -0.05) is 57.5 Å². The van der Waals surface area contributed by atoms with E-state index in [1.807, 2.05) is 19.2 Å². The minimum atomic E-state index is 0.344. The molecule has 18 heavy (non-hydrogen) atoms. The third-order valence-electron chi connectivity index (χ3n) is 3.23. The smallest absolute Gasteiger partial charge is 0.0453 e. The Morgan fingerprint density at radius 3 is 2.33 bits per heavy atom. The molecular formula is C16H26ClN. The van der Waals surface area contributed by atoms with Crippen molar-refractivity contribution >= 4 is 11.6 Å². The molecule has 2 unspecified atom stereocenters. The van der Waals surface area contributed by atoms with Crippen LogP contribution in [0.25, 0.3) is 0 Å². The summed E-state index contributed by atoms with van der Waals surface area (Å²) < 4.78 is 0. The molecular weight excluding hydrogens is 242 g/mol. The Hall–Kier alpha value is -0.530. The van der Waals surface area contributed by atoms with Crippen LogP contribution in [-0.4, -0.2) is 7.05 Å². The van der Waals surface area contributed by atoms with Crippen LogP contribution in [0.5, 0.6) is 0 Å². The van der Waals surface area contributed by atoms with Crippen LogP contribution in [0.1, 0.15) is 52.1 Å². The second-order valence-electron chi connectivity index (χ2n) is 6.47. The van der Waals surface area contributed by atoms with Crippen molar-refractivity contribution in [1.29, 1.82) is 0 Å². The lowest BCUT2D eigenvalue weighted by Gasteiger charge is -2.27. The molecule has 0 aromatic heterocycles. The molecule has 0 amide bonds. The van der Waals surface area contributed by atoms with Crippen molar-refractivity contribution in [3.05, 3.63) is 34.9 Å². The van der Waals surface area contributed by atoms with Crippen molar-refractivity contribution in [2.24, 2.45) is 11.3 Å². The minimum Gasteiger partial charge on any atom is -0.313 e. The second-order valence-corrected chi connectivity index (χ2v) is 6.88. The molecule has 0 saturated heterocycles. The molecule has 1 aromatic carbocycles. The van der Waals surface area contributed by atoms with E-state index in [9.17, 15) is 0 Å². The lowest BCUT2D eigenvalue weighted by atomic mass is 9.82. The molecule has 1 aromatic rings. The number of halogens is 1. The minimum absolute atomic E-state index is 0.344. The van der Waals surface area contributed by atoms with Gasteiger partial charge in [0.15, 0.2) is 0 Å². The summed E-state index contributed by atoms with van der Waals surface area (Å²) in [5.41, 5.74) is 1.60. The summed E-state index contributed by atoms with van der Waals surface area (Å²) in [4.78, 5) is 0. The summed E-state index contributed by atoms with van der Waals surface area (Å²) in [6.45, 7) is 9.22. The number of hydrogen-bond acceptors (Lipinski definition) is 1. The van der Waals surface area contributed by atoms with Gasteiger partial charge in [-0.25, -0.2) is 0 Å². The summed E-state index contributed by atoms with van der Waals surface area (Å²) in [5.74, 6) is 0.679. The van der Waals surface area contributed by atoms with Gasteiger partial charge in [-0.3, -0.25) is 0 Å². The molecule has 1 nitrogen and oxygen atoms in total. The quantitative estimate of drug-likeness (QED) is 0.786. The highest BCUT2D eigenvalue weighted by Gasteiger charge is 2.20. The van der Waals surface area contributed by atoms with Crippen LogP contribution in [0.3, 0.4) is 0 Å². The molecule has 102 valence electrons. The standard InChI is InChI=1S/C16H26ClN/c1-12(11-16(2,3)4)10-15(18-5)13-8-6-7-9-14(13)17/h6-9,12,15,18H,10-11H2,1-5H3. The number of benzene rings is 1. The molecule has 1 N–H and O–H groups in total. The lowest BCUT2D eigenvalue weighted by molar-refractivity contribution is 0.279. The maximum atomic E-state index is 6.27. The lowest BCUT2D eigenvalue weighted by Crippen LogP contribution is -2.21. The zero-order valence-electron chi connectivity index (χ0n) is 12.3. The maximum absolute atomic E-state index is 6.27. The van der Waals surface area contributed by atoms with E-state index < -0.39 is 0 Å². The average Bonchev–Trinajstić information content (AvgIpc) is 2.24. The molecule has 0 fully saturated rings. The highest BCUT2D eigenvalue weighted by atomic mass is 35.5. The SMILES string of the molecule is CNC(CC(C)CC(C)(C)C)c1ccccc1Cl. The summed E-state index contributed by atoms with van der Waals surface area (Å²) >= 11 is 6.27. The van der Waals surface area contributed by atoms with E-state index in [1.165, 1.54) is 12.0 Å². The number of hydrogen-bond donors (Lipinski definition) is 1.